The van der Waals surface area contributed by atoms with Gasteiger partial charge in [-0.25, -0.2) is 0 Å². The van der Waals surface area contributed by atoms with E-state index in [1.165, 1.54) is 89.6 Å². The van der Waals surface area contributed by atoms with Crippen LogP contribution in [0.25, 0.3) is 55.3 Å². The van der Waals surface area contributed by atoms with Gasteiger partial charge < -0.3 is 4.90 Å². The zero-order valence-corrected chi connectivity index (χ0v) is 34.6. The maximum atomic E-state index is 2.54. The molecule has 0 saturated heterocycles. The smallest absolute Gasteiger partial charge is 0.0543 e. The number of hydrogen-bond acceptors (Lipinski definition) is 1. The first kappa shape index (κ1) is 36.2. The average Bonchev–Trinajstić information content (AvgIpc) is 3.47. The Morgan fingerprint density at radius 3 is 1.64 bits per heavy atom. The van der Waals surface area contributed by atoms with Gasteiger partial charge in [0.05, 0.1) is 5.69 Å². The number of hydrogen-bond donors (Lipinski definition) is 0. The number of benzene rings is 8. The summed E-state index contributed by atoms with van der Waals surface area (Å²) in [5.74, 6) is 0. The first-order valence-corrected chi connectivity index (χ1v) is 21.0. The van der Waals surface area contributed by atoms with Gasteiger partial charge in [0, 0.05) is 22.4 Å². The highest BCUT2D eigenvalue weighted by atomic mass is 15.1. The van der Waals surface area contributed by atoms with E-state index < -0.39 is 0 Å². The zero-order chi connectivity index (χ0) is 39.8. The second kappa shape index (κ2) is 13.5. The molecule has 1 heteroatoms. The van der Waals surface area contributed by atoms with E-state index in [4.69, 9.17) is 0 Å². The van der Waals surface area contributed by atoms with Crippen LogP contribution in [0.2, 0.25) is 0 Å². The van der Waals surface area contributed by atoms with Gasteiger partial charge in [-0.05, 0) is 138 Å². The fraction of sp³-hybridized carbons (Fsp3) is 0.193. The van der Waals surface area contributed by atoms with Crippen LogP contribution in [0.15, 0.2) is 176 Å². The molecule has 0 saturated carbocycles. The predicted octanol–water partition coefficient (Wildman–Crippen LogP) is 16.0. The third-order valence-electron chi connectivity index (χ3n) is 13.5. The summed E-state index contributed by atoms with van der Waals surface area (Å²) in [6, 6.07) is 65.8. The van der Waals surface area contributed by atoms with Crippen molar-refractivity contribution >= 4 is 27.8 Å². The van der Waals surface area contributed by atoms with Crippen molar-refractivity contribution in [2.75, 3.05) is 4.90 Å². The highest BCUT2D eigenvalue weighted by Gasteiger charge is 2.41. The number of fused-ring (bicyclic) bond motifs is 5. The van der Waals surface area contributed by atoms with E-state index >= 15 is 0 Å². The van der Waals surface area contributed by atoms with Crippen molar-refractivity contribution in [2.45, 2.75) is 70.6 Å². The topological polar surface area (TPSA) is 3.24 Å². The van der Waals surface area contributed by atoms with E-state index in [-0.39, 0.29) is 16.2 Å². The van der Waals surface area contributed by atoms with Crippen LogP contribution in [-0.2, 0) is 16.2 Å². The van der Waals surface area contributed by atoms with Crippen LogP contribution in [0.1, 0.15) is 76.6 Å². The minimum absolute atomic E-state index is 0.0264. The molecule has 0 bridgehead atoms. The normalized spacial score (nSPS) is 15.7. The fourth-order valence-electron chi connectivity index (χ4n) is 10.1. The van der Waals surface area contributed by atoms with Crippen molar-refractivity contribution in [1.29, 1.82) is 0 Å². The van der Waals surface area contributed by atoms with Gasteiger partial charge in [0.1, 0.15) is 0 Å². The van der Waals surface area contributed by atoms with Crippen molar-refractivity contribution in [1.82, 2.24) is 0 Å². The number of anilines is 3. The minimum atomic E-state index is -0.153. The molecule has 1 nitrogen and oxygen atoms in total. The Bertz CT molecular complexity index is 2840. The fourth-order valence-corrected chi connectivity index (χ4v) is 10.1. The molecule has 0 spiro atoms. The van der Waals surface area contributed by atoms with Crippen LogP contribution in [-0.4, -0.2) is 0 Å². The summed E-state index contributed by atoms with van der Waals surface area (Å²) in [5, 5.41) is 2.52. The number of rotatable bonds is 6. The van der Waals surface area contributed by atoms with E-state index in [2.05, 4.69) is 222 Å². The monoisotopic (exact) mass is 749 g/mol. The molecule has 8 aromatic carbocycles. The van der Waals surface area contributed by atoms with Gasteiger partial charge in [-0.15, -0.1) is 0 Å². The van der Waals surface area contributed by atoms with E-state index in [9.17, 15) is 0 Å². The molecule has 0 radical (unpaired) electrons. The second-order valence-electron chi connectivity index (χ2n) is 18.4. The second-order valence-corrected chi connectivity index (χ2v) is 18.4. The molecule has 2 aliphatic carbocycles. The molecule has 0 atom stereocenters. The van der Waals surface area contributed by atoms with Gasteiger partial charge in [-0.3, -0.25) is 0 Å². The summed E-state index contributed by atoms with van der Waals surface area (Å²) < 4.78 is 0. The molecule has 0 fully saturated rings. The van der Waals surface area contributed by atoms with Crippen LogP contribution >= 0.6 is 0 Å². The highest BCUT2D eigenvalue weighted by molar-refractivity contribution is 5.96. The van der Waals surface area contributed by atoms with Crippen LogP contribution in [0.5, 0.6) is 0 Å². The van der Waals surface area contributed by atoms with Gasteiger partial charge in [0.15, 0.2) is 0 Å². The lowest BCUT2D eigenvalue weighted by atomic mass is 9.61. The SMILES string of the molecule is CC1(C)CCC(C)(C)c2c(-c3cc4c(cc3N(c3ccc(-c5ccccc5)cc3)c3ccc(-c5ccc6ccccc6c5)cc3)C(C)(C)c3ccccc3-4)cccc21. The Balaban J connectivity index is 1.23. The van der Waals surface area contributed by atoms with E-state index in [1.54, 1.807) is 0 Å². The highest BCUT2D eigenvalue weighted by Crippen LogP contribution is 2.56. The minimum Gasteiger partial charge on any atom is -0.310 e. The summed E-state index contributed by atoms with van der Waals surface area (Å²) in [6.07, 6.45) is 2.33. The van der Waals surface area contributed by atoms with E-state index in [1.807, 2.05) is 0 Å². The molecule has 0 unspecified atom stereocenters. The Morgan fingerprint density at radius 2 is 0.914 bits per heavy atom. The Hall–Kier alpha value is -6.18. The Kier molecular flexibility index (Phi) is 8.39. The van der Waals surface area contributed by atoms with Crippen molar-refractivity contribution in [3.8, 4) is 44.5 Å². The lowest BCUT2D eigenvalue weighted by molar-refractivity contribution is 0.333. The van der Waals surface area contributed by atoms with Crippen LogP contribution < -0.4 is 4.90 Å². The molecule has 2 aliphatic rings. The summed E-state index contributed by atoms with van der Waals surface area (Å²) in [5.41, 5.74) is 19.4. The lowest BCUT2D eigenvalue weighted by Gasteiger charge is -2.43. The summed E-state index contributed by atoms with van der Waals surface area (Å²) >= 11 is 0. The molecule has 284 valence electrons. The Labute approximate surface area is 344 Å². The molecular weight excluding hydrogens is 699 g/mol. The van der Waals surface area contributed by atoms with Crippen LogP contribution in [0.4, 0.5) is 17.1 Å². The van der Waals surface area contributed by atoms with Gasteiger partial charge in [0.25, 0.3) is 0 Å². The molecule has 58 heavy (non-hydrogen) atoms. The molecule has 0 aromatic heterocycles. The number of nitrogens with zero attached hydrogens (tertiary/aromatic N) is 1. The van der Waals surface area contributed by atoms with Gasteiger partial charge >= 0.3 is 0 Å². The van der Waals surface area contributed by atoms with Gasteiger partial charge in [0.2, 0.25) is 0 Å². The van der Waals surface area contributed by atoms with Gasteiger partial charge in [-0.2, -0.15) is 0 Å². The van der Waals surface area contributed by atoms with E-state index in [0.29, 0.717) is 0 Å². The van der Waals surface area contributed by atoms with E-state index in [0.717, 1.165) is 17.8 Å². The summed E-state index contributed by atoms with van der Waals surface area (Å²) in [7, 11) is 0. The lowest BCUT2D eigenvalue weighted by Crippen LogP contribution is -2.34. The molecular formula is C57H51N. The predicted molar refractivity (Wildman–Crippen MR) is 248 cm³/mol. The Morgan fingerprint density at radius 1 is 0.362 bits per heavy atom. The van der Waals surface area contributed by atoms with Crippen LogP contribution in [0, 0.1) is 0 Å². The maximum Gasteiger partial charge on any atom is 0.0543 e. The molecule has 8 aromatic rings. The van der Waals surface area contributed by atoms with Crippen molar-refractivity contribution < 1.29 is 0 Å². The third-order valence-corrected chi connectivity index (χ3v) is 13.5. The standard InChI is InChI=1S/C57H51N/c1-55(2)33-34-56(3,4)54-47(20-14-22-51(54)55)49-36-48-46-19-12-13-21-50(46)57(5,6)52(48)37-53(49)58(44-29-25-40(26-30-44)38-15-8-7-9-16-38)45-31-27-41(28-32-45)43-24-23-39-17-10-11-18-42(39)35-43/h7-32,35-37H,33-34H2,1-6H3. The molecule has 10 rings (SSSR count). The zero-order valence-electron chi connectivity index (χ0n) is 34.6. The van der Waals surface area contributed by atoms with Crippen LogP contribution in [0.3, 0.4) is 0 Å². The molecule has 0 amide bonds. The first-order chi connectivity index (χ1) is 28.0. The quantitative estimate of drug-likeness (QED) is 0.164. The average molecular weight is 750 g/mol. The van der Waals surface area contributed by atoms with Crippen molar-refractivity contribution in [3.05, 3.63) is 198 Å². The third kappa shape index (κ3) is 5.90. The summed E-state index contributed by atoms with van der Waals surface area (Å²) in [6.45, 7) is 14.6. The largest absolute Gasteiger partial charge is 0.310 e. The maximum absolute atomic E-state index is 2.54. The molecule has 0 N–H and O–H groups in total. The van der Waals surface area contributed by atoms with Crippen molar-refractivity contribution in [3.63, 3.8) is 0 Å². The molecule has 0 heterocycles. The first-order valence-electron chi connectivity index (χ1n) is 21.0. The van der Waals surface area contributed by atoms with Gasteiger partial charge in [-0.1, -0.05) is 175 Å². The summed E-state index contributed by atoms with van der Waals surface area (Å²) in [4.78, 5) is 2.52. The van der Waals surface area contributed by atoms with Crippen molar-refractivity contribution in [2.24, 2.45) is 0 Å². The molecule has 0 aliphatic heterocycles.